The second-order valence-corrected chi connectivity index (χ2v) is 4.16. The van der Waals surface area contributed by atoms with E-state index >= 15 is 0 Å². The van der Waals surface area contributed by atoms with Crippen LogP contribution in [0, 0.1) is 0 Å². The van der Waals surface area contributed by atoms with E-state index in [4.69, 9.17) is 0 Å². The Bertz CT molecular complexity index is 730. The molecule has 0 amide bonds. The molecule has 0 saturated heterocycles. The number of pyridine rings is 1. The predicted octanol–water partition coefficient (Wildman–Crippen LogP) is 2.20. The molecule has 0 radical (unpaired) electrons. The molecule has 2 aromatic heterocycles. The molecular weight excluding hydrogens is 226 g/mol. The molecule has 0 bridgehead atoms. The van der Waals surface area contributed by atoms with Crippen molar-refractivity contribution in [1.82, 2.24) is 14.5 Å². The summed E-state index contributed by atoms with van der Waals surface area (Å²) in [5, 5.41) is 0.958. The van der Waals surface area contributed by atoms with Crippen LogP contribution in [0.1, 0.15) is 16.1 Å². The van der Waals surface area contributed by atoms with E-state index in [2.05, 4.69) is 9.97 Å². The van der Waals surface area contributed by atoms with Crippen molar-refractivity contribution in [3.8, 4) is 0 Å². The van der Waals surface area contributed by atoms with Gasteiger partial charge in [0, 0.05) is 30.4 Å². The highest BCUT2D eigenvalue weighted by molar-refractivity contribution is 6.09. The quantitative estimate of drug-likeness (QED) is 0.642. The molecule has 1 aromatic carbocycles. The first kappa shape index (κ1) is 10.7. The standard InChI is InChI=1S/C14H11N3O/c1-17-8-13(16-9-17)14(18)11-4-5-12-10(7-11)3-2-6-15-12/h2-9H,1H3. The molecule has 0 aliphatic carbocycles. The summed E-state index contributed by atoms with van der Waals surface area (Å²) in [5.41, 5.74) is 1.98. The molecule has 0 saturated carbocycles. The summed E-state index contributed by atoms with van der Waals surface area (Å²) in [6.07, 6.45) is 5.08. The number of hydrogen-bond donors (Lipinski definition) is 0. The Morgan fingerprint density at radius 1 is 1.22 bits per heavy atom. The molecule has 18 heavy (non-hydrogen) atoms. The number of rotatable bonds is 2. The van der Waals surface area contributed by atoms with E-state index in [1.807, 2.05) is 31.3 Å². The van der Waals surface area contributed by atoms with Crippen LogP contribution in [0.15, 0.2) is 49.1 Å². The molecule has 4 nitrogen and oxygen atoms in total. The molecule has 0 fully saturated rings. The Labute approximate surface area is 104 Å². The molecule has 0 aliphatic heterocycles. The molecule has 0 spiro atoms. The summed E-state index contributed by atoms with van der Waals surface area (Å²) < 4.78 is 1.76. The number of aryl methyl sites for hydroxylation is 1. The van der Waals surface area contributed by atoms with Gasteiger partial charge >= 0.3 is 0 Å². The van der Waals surface area contributed by atoms with Crippen LogP contribution in [0.4, 0.5) is 0 Å². The Morgan fingerprint density at radius 2 is 2.11 bits per heavy atom. The average Bonchev–Trinajstić information content (AvgIpc) is 2.84. The van der Waals surface area contributed by atoms with Crippen molar-refractivity contribution in [2.45, 2.75) is 0 Å². The third-order valence-corrected chi connectivity index (χ3v) is 2.80. The largest absolute Gasteiger partial charge is 0.340 e. The lowest BCUT2D eigenvalue weighted by molar-refractivity contribution is 0.103. The minimum atomic E-state index is -0.0682. The van der Waals surface area contributed by atoms with Crippen LogP contribution in [0.25, 0.3) is 10.9 Å². The number of ketones is 1. The van der Waals surface area contributed by atoms with Crippen LogP contribution in [-0.4, -0.2) is 20.3 Å². The highest BCUT2D eigenvalue weighted by Gasteiger charge is 2.12. The van der Waals surface area contributed by atoms with Crippen LogP contribution < -0.4 is 0 Å². The van der Waals surface area contributed by atoms with Crippen LogP contribution >= 0.6 is 0 Å². The van der Waals surface area contributed by atoms with Gasteiger partial charge in [-0.2, -0.15) is 0 Å². The summed E-state index contributed by atoms with van der Waals surface area (Å²) in [4.78, 5) is 20.5. The van der Waals surface area contributed by atoms with Crippen molar-refractivity contribution in [1.29, 1.82) is 0 Å². The van der Waals surface area contributed by atoms with Crippen molar-refractivity contribution >= 4 is 16.7 Å². The van der Waals surface area contributed by atoms with Gasteiger partial charge in [0.1, 0.15) is 5.69 Å². The number of benzene rings is 1. The summed E-state index contributed by atoms with van der Waals surface area (Å²) in [7, 11) is 1.84. The maximum absolute atomic E-state index is 12.2. The lowest BCUT2D eigenvalue weighted by atomic mass is 10.1. The minimum absolute atomic E-state index is 0.0682. The molecule has 2 heterocycles. The zero-order chi connectivity index (χ0) is 12.5. The van der Waals surface area contributed by atoms with Gasteiger partial charge in [-0.05, 0) is 24.3 Å². The minimum Gasteiger partial charge on any atom is -0.340 e. The van der Waals surface area contributed by atoms with Gasteiger partial charge in [0.25, 0.3) is 0 Å². The first-order valence-electron chi connectivity index (χ1n) is 5.61. The van der Waals surface area contributed by atoms with E-state index in [0.717, 1.165) is 10.9 Å². The summed E-state index contributed by atoms with van der Waals surface area (Å²) >= 11 is 0. The highest BCUT2D eigenvalue weighted by Crippen LogP contribution is 2.15. The smallest absolute Gasteiger partial charge is 0.212 e. The van der Waals surface area contributed by atoms with Gasteiger partial charge in [-0.1, -0.05) is 6.07 Å². The van der Waals surface area contributed by atoms with E-state index in [1.54, 1.807) is 29.4 Å². The Hall–Kier alpha value is -2.49. The molecular formula is C14H11N3O. The Morgan fingerprint density at radius 3 is 2.89 bits per heavy atom. The fourth-order valence-corrected chi connectivity index (χ4v) is 1.89. The van der Waals surface area contributed by atoms with E-state index in [1.165, 1.54) is 0 Å². The van der Waals surface area contributed by atoms with Gasteiger partial charge < -0.3 is 4.57 Å². The summed E-state index contributed by atoms with van der Waals surface area (Å²) in [6, 6.07) is 9.28. The third kappa shape index (κ3) is 1.78. The average molecular weight is 237 g/mol. The number of carbonyl (C=O) groups excluding carboxylic acids is 1. The fraction of sp³-hybridized carbons (Fsp3) is 0.0714. The van der Waals surface area contributed by atoms with Gasteiger partial charge in [0.05, 0.1) is 11.8 Å². The third-order valence-electron chi connectivity index (χ3n) is 2.80. The topological polar surface area (TPSA) is 47.8 Å². The van der Waals surface area contributed by atoms with E-state index < -0.39 is 0 Å². The number of imidazole rings is 1. The number of nitrogens with zero attached hydrogens (tertiary/aromatic N) is 3. The van der Waals surface area contributed by atoms with Crippen LogP contribution in [0.5, 0.6) is 0 Å². The maximum atomic E-state index is 12.2. The van der Waals surface area contributed by atoms with Crippen molar-refractivity contribution in [2.75, 3.05) is 0 Å². The van der Waals surface area contributed by atoms with Gasteiger partial charge in [-0.3, -0.25) is 9.78 Å². The van der Waals surface area contributed by atoms with Crippen LogP contribution in [0.2, 0.25) is 0 Å². The normalized spacial score (nSPS) is 10.7. The van der Waals surface area contributed by atoms with Crippen molar-refractivity contribution < 1.29 is 4.79 Å². The molecule has 0 N–H and O–H groups in total. The molecule has 4 heteroatoms. The van der Waals surface area contributed by atoms with Crippen LogP contribution in [0.3, 0.4) is 0 Å². The van der Waals surface area contributed by atoms with Gasteiger partial charge in [-0.25, -0.2) is 4.98 Å². The van der Waals surface area contributed by atoms with Gasteiger partial charge in [-0.15, -0.1) is 0 Å². The second-order valence-electron chi connectivity index (χ2n) is 4.16. The van der Waals surface area contributed by atoms with Gasteiger partial charge in [0.2, 0.25) is 5.78 Å². The van der Waals surface area contributed by atoms with E-state index in [-0.39, 0.29) is 5.78 Å². The second kappa shape index (κ2) is 4.07. The molecule has 3 rings (SSSR count). The summed E-state index contributed by atoms with van der Waals surface area (Å²) in [6.45, 7) is 0. The number of carbonyl (C=O) groups is 1. The Kier molecular flexibility index (Phi) is 2.41. The lowest BCUT2D eigenvalue weighted by Gasteiger charge is -2.00. The zero-order valence-corrected chi connectivity index (χ0v) is 9.87. The molecule has 0 aliphatic rings. The lowest BCUT2D eigenvalue weighted by Crippen LogP contribution is -2.01. The number of fused-ring (bicyclic) bond motifs is 1. The van der Waals surface area contributed by atoms with Crippen LogP contribution in [-0.2, 0) is 7.05 Å². The number of aromatic nitrogens is 3. The molecule has 0 unspecified atom stereocenters. The molecule has 0 atom stereocenters. The number of hydrogen-bond acceptors (Lipinski definition) is 3. The fourth-order valence-electron chi connectivity index (χ4n) is 1.89. The van der Waals surface area contributed by atoms with Crippen molar-refractivity contribution in [3.63, 3.8) is 0 Å². The van der Waals surface area contributed by atoms with E-state index in [9.17, 15) is 4.79 Å². The first-order valence-corrected chi connectivity index (χ1v) is 5.61. The maximum Gasteiger partial charge on any atom is 0.212 e. The summed E-state index contributed by atoms with van der Waals surface area (Å²) in [5.74, 6) is -0.0682. The molecule has 88 valence electrons. The first-order chi connectivity index (χ1) is 8.74. The van der Waals surface area contributed by atoms with Crippen molar-refractivity contribution in [2.24, 2.45) is 7.05 Å². The SMILES string of the molecule is Cn1cnc(C(=O)c2ccc3ncccc3c2)c1. The zero-order valence-electron chi connectivity index (χ0n) is 9.87. The Balaban J connectivity index is 2.06. The van der Waals surface area contributed by atoms with Crippen molar-refractivity contribution in [3.05, 3.63) is 60.3 Å². The monoisotopic (exact) mass is 237 g/mol. The molecule has 3 aromatic rings. The van der Waals surface area contributed by atoms with Gasteiger partial charge in [0.15, 0.2) is 0 Å². The highest BCUT2D eigenvalue weighted by atomic mass is 16.1. The van der Waals surface area contributed by atoms with E-state index in [0.29, 0.717) is 11.3 Å². The predicted molar refractivity (Wildman–Crippen MR) is 68.4 cm³/mol.